The Morgan fingerprint density at radius 3 is 2.96 bits per heavy atom. The van der Waals surface area contributed by atoms with E-state index in [2.05, 4.69) is 37.1 Å². The van der Waals surface area contributed by atoms with E-state index in [4.69, 9.17) is 4.74 Å². The van der Waals surface area contributed by atoms with E-state index in [-0.39, 0.29) is 18.6 Å². The fourth-order valence-electron chi connectivity index (χ4n) is 4.31. The molecule has 0 aromatic carbocycles. The van der Waals surface area contributed by atoms with Gasteiger partial charge in [0.25, 0.3) is 5.91 Å². The van der Waals surface area contributed by atoms with Crippen LogP contribution in [0.5, 0.6) is 0 Å². The molecule has 5 heteroatoms. The number of aromatic nitrogens is 1. The van der Waals surface area contributed by atoms with Gasteiger partial charge in [-0.15, -0.1) is 0 Å². The molecule has 1 N–H and O–H groups in total. The smallest absolute Gasteiger partial charge is 0.251 e. The Balaban J connectivity index is 1.61. The number of hydrogen-bond donors (Lipinski definition) is 1. The number of amides is 1. The van der Waals surface area contributed by atoms with E-state index in [9.17, 15) is 10.1 Å². The van der Waals surface area contributed by atoms with Crippen LogP contribution < -0.4 is 5.32 Å². The quantitative estimate of drug-likeness (QED) is 0.870. The van der Waals surface area contributed by atoms with Crippen LogP contribution in [0, 0.1) is 29.1 Å². The Hall–Kier alpha value is -1.93. The van der Waals surface area contributed by atoms with Gasteiger partial charge in [-0.1, -0.05) is 27.2 Å². The van der Waals surface area contributed by atoms with E-state index >= 15 is 0 Å². The maximum atomic E-state index is 12.4. The number of aryl methyl sites for hydroxylation is 2. The van der Waals surface area contributed by atoms with E-state index < -0.39 is 0 Å². The van der Waals surface area contributed by atoms with Crippen molar-refractivity contribution in [2.45, 2.75) is 65.4 Å². The molecule has 2 aliphatic carbocycles. The topological polar surface area (TPSA) is 75.0 Å². The van der Waals surface area contributed by atoms with Crippen LogP contribution in [0.4, 0.5) is 5.82 Å². The van der Waals surface area contributed by atoms with Gasteiger partial charge >= 0.3 is 0 Å². The molecule has 0 spiro atoms. The van der Waals surface area contributed by atoms with Gasteiger partial charge in [0.2, 0.25) is 0 Å². The van der Waals surface area contributed by atoms with Crippen molar-refractivity contribution in [3.05, 3.63) is 22.9 Å². The zero-order valence-corrected chi connectivity index (χ0v) is 16.0. The first kappa shape index (κ1) is 18.8. The predicted molar refractivity (Wildman–Crippen MR) is 101 cm³/mol. The molecule has 140 valence electrons. The van der Waals surface area contributed by atoms with Crippen LogP contribution in [0.25, 0.3) is 0 Å². The van der Waals surface area contributed by atoms with Crippen LogP contribution in [0.1, 0.15) is 63.3 Å². The first-order valence-corrected chi connectivity index (χ1v) is 9.82. The molecular formula is C21H29N3O2. The minimum atomic E-state index is -0.229. The zero-order chi connectivity index (χ0) is 18.7. The summed E-state index contributed by atoms with van der Waals surface area (Å²) >= 11 is 0. The molecule has 3 atom stereocenters. The Labute approximate surface area is 156 Å². The molecule has 0 radical (unpaired) electrons. The third-order valence-corrected chi connectivity index (χ3v) is 5.82. The summed E-state index contributed by atoms with van der Waals surface area (Å²) in [7, 11) is 0. The number of rotatable bonds is 5. The number of nitrogens with one attached hydrogen (secondary N) is 1. The average molecular weight is 355 g/mol. The van der Waals surface area contributed by atoms with Gasteiger partial charge in [-0.2, -0.15) is 5.26 Å². The summed E-state index contributed by atoms with van der Waals surface area (Å²) in [6.07, 6.45) is 6.48. The number of nitrogens with zero attached hydrogens (tertiary/aromatic N) is 2. The molecule has 3 unspecified atom stereocenters. The fraction of sp³-hybridized carbons (Fsp3) is 0.667. The molecule has 1 aromatic heterocycles. The summed E-state index contributed by atoms with van der Waals surface area (Å²) in [5, 5.41) is 12.1. The largest absolute Gasteiger partial charge is 0.368 e. The normalized spacial score (nSPS) is 25.0. The summed E-state index contributed by atoms with van der Waals surface area (Å²) in [5.41, 5.74) is 2.57. The second-order valence-corrected chi connectivity index (χ2v) is 8.18. The summed E-state index contributed by atoms with van der Waals surface area (Å²) < 4.78 is 6.00. The van der Waals surface area contributed by atoms with Crippen LogP contribution in [0.15, 0.2) is 6.07 Å². The molecule has 1 amide bonds. The molecule has 1 heterocycles. The number of anilines is 1. The molecule has 5 nitrogen and oxygen atoms in total. The number of carbonyl (C=O) groups is 1. The van der Waals surface area contributed by atoms with Gasteiger partial charge in [-0.05, 0) is 61.5 Å². The van der Waals surface area contributed by atoms with Gasteiger partial charge in [-0.25, -0.2) is 4.98 Å². The molecule has 1 aromatic rings. The number of ether oxygens (including phenoxy) is 1. The maximum absolute atomic E-state index is 12.4. The van der Waals surface area contributed by atoms with Crippen molar-refractivity contribution in [2.24, 2.45) is 17.8 Å². The Bertz CT molecular complexity index is 708. The number of hydrogen-bond acceptors (Lipinski definition) is 4. The average Bonchev–Trinajstić information content (AvgIpc) is 3.06. The van der Waals surface area contributed by atoms with Crippen LogP contribution >= 0.6 is 0 Å². The van der Waals surface area contributed by atoms with Gasteiger partial charge in [0, 0.05) is 5.69 Å². The van der Waals surface area contributed by atoms with Crippen LogP contribution in [0.3, 0.4) is 0 Å². The molecular weight excluding hydrogens is 326 g/mol. The van der Waals surface area contributed by atoms with Crippen molar-refractivity contribution in [1.82, 2.24) is 4.98 Å². The number of fused-ring (bicyclic) bond motifs is 1. The summed E-state index contributed by atoms with van der Waals surface area (Å²) in [5.74, 6) is 1.85. The molecule has 0 bridgehead atoms. The Morgan fingerprint density at radius 2 is 2.23 bits per heavy atom. The second kappa shape index (κ2) is 8.18. The monoisotopic (exact) mass is 355 g/mol. The van der Waals surface area contributed by atoms with Crippen molar-refractivity contribution in [3.8, 4) is 6.07 Å². The summed E-state index contributed by atoms with van der Waals surface area (Å²) in [4.78, 5) is 16.9. The predicted octanol–water partition coefficient (Wildman–Crippen LogP) is 3.86. The van der Waals surface area contributed by atoms with Gasteiger partial charge in [0.15, 0.2) is 5.82 Å². The highest BCUT2D eigenvalue weighted by molar-refractivity contribution is 5.92. The van der Waals surface area contributed by atoms with Crippen molar-refractivity contribution in [2.75, 3.05) is 11.9 Å². The summed E-state index contributed by atoms with van der Waals surface area (Å²) in [6.45, 7) is 6.72. The van der Waals surface area contributed by atoms with E-state index in [1.807, 2.05) is 6.07 Å². The van der Waals surface area contributed by atoms with Crippen molar-refractivity contribution < 1.29 is 9.53 Å². The first-order chi connectivity index (χ1) is 12.5. The Kier molecular flexibility index (Phi) is 5.93. The highest BCUT2D eigenvalue weighted by Crippen LogP contribution is 2.35. The lowest BCUT2D eigenvalue weighted by Gasteiger charge is -2.37. The molecule has 3 rings (SSSR count). The number of carbonyl (C=O) groups excluding carboxylic acids is 1. The number of nitriles is 1. The van der Waals surface area contributed by atoms with Gasteiger partial charge < -0.3 is 10.1 Å². The SMILES string of the molecule is CC1CCC(C(C)C)C(OCC(=O)Nc2nc3c(cc2C#N)CCC3)C1. The lowest BCUT2D eigenvalue weighted by molar-refractivity contribution is -0.126. The third kappa shape index (κ3) is 4.24. The third-order valence-electron chi connectivity index (χ3n) is 5.82. The minimum absolute atomic E-state index is 0.0181. The zero-order valence-electron chi connectivity index (χ0n) is 16.0. The van der Waals surface area contributed by atoms with Crippen LogP contribution in [0.2, 0.25) is 0 Å². The standard InChI is InChI=1S/C21H29N3O2/c1-13(2)17-8-7-14(3)9-19(17)26-12-20(25)24-21-16(11-22)10-15-5-4-6-18(15)23-21/h10,13-14,17,19H,4-9,12H2,1-3H3,(H,23,24,25). The number of pyridine rings is 1. The maximum Gasteiger partial charge on any atom is 0.251 e. The molecule has 2 aliphatic rings. The van der Waals surface area contributed by atoms with E-state index in [1.165, 1.54) is 6.42 Å². The van der Waals surface area contributed by atoms with E-state index in [0.29, 0.717) is 29.1 Å². The van der Waals surface area contributed by atoms with Crippen molar-refractivity contribution in [1.29, 1.82) is 5.26 Å². The second-order valence-electron chi connectivity index (χ2n) is 8.18. The molecule has 1 saturated carbocycles. The Morgan fingerprint density at radius 1 is 1.42 bits per heavy atom. The highest BCUT2D eigenvalue weighted by atomic mass is 16.5. The lowest BCUT2D eigenvalue weighted by Crippen LogP contribution is -2.36. The van der Waals surface area contributed by atoms with E-state index in [0.717, 1.165) is 43.4 Å². The van der Waals surface area contributed by atoms with Gasteiger partial charge in [0.05, 0.1) is 11.7 Å². The van der Waals surface area contributed by atoms with Crippen LogP contribution in [-0.2, 0) is 22.4 Å². The van der Waals surface area contributed by atoms with Crippen molar-refractivity contribution >= 4 is 11.7 Å². The summed E-state index contributed by atoms with van der Waals surface area (Å²) in [6, 6.07) is 4.01. The minimum Gasteiger partial charge on any atom is -0.368 e. The lowest BCUT2D eigenvalue weighted by atomic mass is 9.75. The molecule has 26 heavy (non-hydrogen) atoms. The molecule has 1 fully saturated rings. The van der Waals surface area contributed by atoms with E-state index in [1.54, 1.807) is 0 Å². The molecule has 0 saturated heterocycles. The molecule has 0 aliphatic heterocycles. The van der Waals surface area contributed by atoms with Gasteiger partial charge in [-0.3, -0.25) is 4.79 Å². The highest BCUT2D eigenvalue weighted by Gasteiger charge is 2.31. The van der Waals surface area contributed by atoms with Crippen LogP contribution in [-0.4, -0.2) is 23.6 Å². The first-order valence-electron chi connectivity index (χ1n) is 9.82. The van der Waals surface area contributed by atoms with Crippen molar-refractivity contribution in [3.63, 3.8) is 0 Å². The fourth-order valence-corrected chi connectivity index (χ4v) is 4.31. The van der Waals surface area contributed by atoms with Gasteiger partial charge in [0.1, 0.15) is 12.7 Å².